The predicted molar refractivity (Wildman–Crippen MR) is 88.2 cm³/mol. The topological polar surface area (TPSA) is 80.1 Å². The Morgan fingerprint density at radius 2 is 1.91 bits per heavy atom. The van der Waals surface area contributed by atoms with Gasteiger partial charge in [-0.1, -0.05) is 0 Å². The number of anilines is 1. The van der Waals surface area contributed by atoms with E-state index in [0.717, 1.165) is 32.5 Å². The summed E-state index contributed by atoms with van der Waals surface area (Å²) in [5.41, 5.74) is 1.17. The van der Waals surface area contributed by atoms with E-state index in [1.54, 1.807) is 6.20 Å². The van der Waals surface area contributed by atoms with E-state index in [0.29, 0.717) is 12.5 Å². The molecule has 23 heavy (non-hydrogen) atoms. The van der Waals surface area contributed by atoms with Gasteiger partial charge in [0.25, 0.3) is 0 Å². The smallest absolute Gasteiger partial charge is 0.108 e. The molecule has 0 bridgehead atoms. The second kappa shape index (κ2) is 7.13. The van der Waals surface area contributed by atoms with Crippen LogP contribution in [-0.4, -0.2) is 75.7 Å². The zero-order valence-corrected chi connectivity index (χ0v) is 13.6. The van der Waals surface area contributed by atoms with Gasteiger partial charge in [-0.2, -0.15) is 0 Å². The summed E-state index contributed by atoms with van der Waals surface area (Å²) in [6.45, 7) is 5.23. The molecule has 2 saturated heterocycles. The van der Waals surface area contributed by atoms with Gasteiger partial charge in [-0.25, -0.2) is 0 Å². The summed E-state index contributed by atoms with van der Waals surface area (Å²) >= 11 is 0. The van der Waals surface area contributed by atoms with Crippen molar-refractivity contribution in [2.75, 3.05) is 31.1 Å². The molecule has 3 heterocycles. The number of aliphatic hydroxyl groups excluding tert-OH is 3. The molecule has 6 nitrogen and oxygen atoms in total. The van der Waals surface area contributed by atoms with Crippen LogP contribution >= 0.6 is 0 Å². The first kappa shape index (κ1) is 16.6. The molecule has 3 rings (SSSR count). The van der Waals surface area contributed by atoms with Gasteiger partial charge in [-0.15, -0.1) is 0 Å². The molecule has 2 fully saturated rings. The summed E-state index contributed by atoms with van der Waals surface area (Å²) in [7, 11) is 0. The maximum atomic E-state index is 10.0. The van der Waals surface area contributed by atoms with Gasteiger partial charge in [-0.3, -0.25) is 9.88 Å². The van der Waals surface area contributed by atoms with Gasteiger partial charge in [-0.05, 0) is 37.8 Å². The van der Waals surface area contributed by atoms with Crippen molar-refractivity contribution in [3.8, 4) is 0 Å². The lowest BCUT2D eigenvalue weighted by Crippen LogP contribution is -2.61. The first-order valence-corrected chi connectivity index (χ1v) is 8.49. The molecule has 128 valence electrons. The number of aliphatic hydroxyl groups is 3. The fourth-order valence-corrected chi connectivity index (χ4v) is 3.73. The van der Waals surface area contributed by atoms with Crippen molar-refractivity contribution in [2.45, 2.75) is 44.1 Å². The van der Waals surface area contributed by atoms with Gasteiger partial charge < -0.3 is 20.2 Å². The van der Waals surface area contributed by atoms with E-state index in [2.05, 4.69) is 20.9 Å². The van der Waals surface area contributed by atoms with Gasteiger partial charge in [0.15, 0.2) is 0 Å². The summed E-state index contributed by atoms with van der Waals surface area (Å²) in [4.78, 5) is 8.65. The Hall–Kier alpha value is -1.21. The monoisotopic (exact) mass is 321 g/mol. The molecule has 6 heteroatoms. The van der Waals surface area contributed by atoms with Crippen LogP contribution in [-0.2, 0) is 0 Å². The molecule has 3 N–H and O–H groups in total. The van der Waals surface area contributed by atoms with Crippen LogP contribution in [0.3, 0.4) is 0 Å². The Balaban J connectivity index is 1.53. The minimum absolute atomic E-state index is 0.121. The molecule has 0 spiro atoms. The molecule has 2 aliphatic heterocycles. The van der Waals surface area contributed by atoms with Gasteiger partial charge in [0.2, 0.25) is 0 Å². The maximum Gasteiger partial charge on any atom is 0.108 e. The Morgan fingerprint density at radius 3 is 2.57 bits per heavy atom. The molecule has 1 aromatic heterocycles. The number of nitrogens with zero attached hydrogens (tertiary/aromatic N) is 3. The first-order chi connectivity index (χ1) is 11.1. The highest BCUT2D eigenvalue weighted by molar-refractivity contribution is 5.43. The van der Waals surface area contributed by atoms with E-state index in [1.807, 2.05) is 19.2 Å². The first-order valence-electron chi connectivity index (χ1n) is 8.49. The third kappa shape index (κ3) is 3.66. The second-order valence-corrected chi connectivity index (χ2v) is 6.88. The second-order valence-electron chi connectivity index (χ2n) is 6.88. The minimum atomic E-state index is -1.03. The van der Waals surface area contributed by atoms with Crippen LogP contribution in [0.4, 0.5) is 5.69 Å². The Labute approximate surface area is 137 Å². The van der Waals surface area contributed by atoms with E-state index in [1.165, 1.54) is 5.69 Å². The summed E-state index contributed by atoms with van der Waals surface area (Å²) in [6.07, 6.45) is 3.10. The molecule has 2 aliphatic rings. The van der Waals surface area contributed by atoms with Crippen molar-refractivity contribution >= 4 is 5.69 Å². The minimum Gasteiger partial charge on any atom is -0.389 e. The molecule has 0 unspecified atom stereocenters. The lowest BCUT2D eigenvalue weighted by molar-refractivity contribution is -0.135. The van der Waals surface area contributed by atoms with Crippen LogP contribution < -0.4 is 4.90 Å². The molecule has 0 aliphatic carbocycles. The van der Waals surface area contributed by atoms with Crippen molar-refractivity contribution in [2.24, 2.45) is 5.92 Å². The summed E-state index contributed by atoms with van der Waals surface area (Å²) in [5.74, 6) is 0.556. The number of hydrogen-bond acceptors (Lipinski definition) is 6. The van der Waals surface area contributed by atoms with Crippen LogP contribution in [0.1, 0.15) is 19.8 Å². The van der Waals surface area contributed by atoms with Gasteiger partial charge in [0, 0.05) is 38.4 Å². The SMILES string of the molecule is C[C@@H]1[C@@H](O)[C@H](O)[C@@H](O)CN1CC1CCN(c2cccnc2)CC1. The van der Waals surface area contributed by atoms with Crippen LogP contribution in [0.5, 0.6) is 0 Å². The van der Waals surface area contributed by atoms with Crippen molar-refractivity contribution in [3.05, 3.63) is 24.5 Å². The third-order valence-electron chi connectivity index (χ3n) is 5.35. The molecular formula is C17H27N3O3. The Kier molecular flexibility index (Phi) is 5.16. The third-order valence-corrected chi connectivity index (χ3v) is 5.35. The van der Waals surface area contributed by atoms with E-state index >= 15 is 0 Å². The summed E-state index contributed by atoms with van der Waals surface area (Å²) in [6, 6.07) is 3.93. The zero-order valence-electron chi connectivity index (χ0n) is 13.6. The van der Waals surface area contributed by atoms with Crippen molar-refractivity contribution in [1.82, 2.24) is 9.88 Å². The largest absolute Gasteiger partial charge is 0.389 e. The molecule has 0 amide bonds. The molecule has 4 atom stereocenters. The fourth-order valence-electron chi connectivity index (χ4n) is 3.73. The van der Waals surface area contributed by atoms with E-state index in [-0.39, 0.29) is 6.04 Å². The summed E-state index contributed by atoms with van der Waals surface area (Å²) in [5, 5.41) is 29.7. The average Bonchev–Trinajstić information content (AvgIpc) is 2.59. The normalized spacial score (nSPS) is 33.8. The fraction of sp³-hybridized carbons (Fsp3) is 0.706. The van der Waals surface area contributed by atoms with Crippen molar-refractivity contribution < 1.29 is 15.3 Å². The number of likely N-dealkylation sites (tertiary alicyclic amines) is 1. The van der Waals surface area contributed by atoms with Gasteiger partial charge in [0.1, 0.15) is 6.10 Å². The number of hydrogen-bond donors (Lipinski definition) is 3. The number of rotatable bonds is 3. The van der Waals surface area contributed by atoms with Crippen molar-refractivity contribution in [3.63, 3.8) is 0 Å². The average molecular weight is 321 g/mol. The van der Waals surface area contributed by atoms with E-state index in [4.69, 9.17) is 0 Å². The Bertz CT molecular complexity index is 493. The Morgan fingerprint density at radius 1 is 1.17 bits per heavy atom. The number of pyridine rings is 1. The molecule has 1 aromatic rings. The van der Waals surface area contributed by atoms with Crippen molar-refractivity contribution in [1.29, 1.82) is 0 Å². The number of β-amino-alcohol motifs (C(OH)–C–C–N with tert-alkyl or cyclic N) is 1. The van der Waals surface area contributed by atoms with Crippen LogP contribution in [0, 0.1) is 5.92 Å². The van der Waals surface area contributed by atoms with Gasteiger partial charge >= 0.3 is 0 Å². The molecule has 0 aromatic carbocycles. The highest BCUT2D eigenvalue weighted by atomic mass is 16.4. The lowest BCUT2D eigenvalue weighted by Gasteiger charge is -2.44. The van der Waals surface area contributed by atoms with E-state index < -0.39 is 18.3 Å². The highest BCUT2D eigenvalue weighted by Gasteiger charge is 2.39. The van der Waals surface area contributed by atoms with Gasteiger partial charge in [0.05, 0.1) is 24.1 Å². The quantitative estimate of drug-likeness (QED) is 0.732. The molecular weight excluding hydrogens is 294 g/mol. The summed E-state index contributed by atoms with van der Waals surface area (Å²) < 4.78 is 0. The van der Waals surface area contributed by atoms with E-state index in [9.17, 15) is 15.3 Å². The van der Waals surface area contributed by atoms with Crippen LogP contribution in [0.15, 0.2) is 24.5 Å². The molecule has 0 radical (unpaired) electrons. The maximum absolute atomic E-state index is 10.0. The number of aromatic nitrogens is 1. The predicted octanol–water partition coefficient (Wildman–Crippen LogP) is 0.0848. The van der Waals surface area contributed by atoms with Crippen LogP contribution in [0.25, 0.3) is 0 Å². The molecule has 0 saturated carbocycles. The standard InChI is InChI=1S/C17H27N3O3/c1-12-16(22)17(23)15(21)11-20(12)10-13-4-7-19(8-5-13)14-3-2-6-18-9-14/h2-3,6,9,12-13,15-17,21-23H,4-5,7-8,10-11H2,1H3/t12-,15+,16-,17-/m1/s1. The highest BCUT2D eigenvalue weighted by Crippen LogP contribution is 2.26. The van der Waals surface area contributed by atoms with Crippen LogP contribution in [0.2, 0.25) is 0 Å². The number of piperidine rings is 2. The lowest BCUT2D eigenvalue weighted by atomic mass is 9.91. The zero-order chi connectivity index (χ0) is 16.4.